The highest BCUT2D eigenvalue weighted by Crippen LogP contribution is 2.23. The molecule has 98 valence electrons. The van der Waals surface area contributed by atoms with Crippen LogP contribution < -0.4 is 4.74 Å². The van der Waals surface area contributed by atoms with E-state index in [4.69, 9.17) is 11.6 Å². The summed E-state index contributed by atoms with van der Waals surface area (Å²) in [5, 5.41) is 0.494. The van der Waals surface area contributed by atoms with Crippen LogP contribution in [0.2, 0.25) is 5.02 Å². The third-order valence-electron chi connectivity index (χ3n) is 2.45. The number of benzene rings is 2. The Labute approximate surface area is 113 Å². The van der Waals surface area contributed by atoms with Gasteiger partial charge < -0.3 is 4.74 Å². The van der Waals surface area contributed by atoms with Crippen LogP contribution in [0.5, 0.6) is 5.75 Å². The fraction of sp³-hybridized carbons (Fsp3) is 0.0714. The first-order valence-electron chi connectivity index (χ1n) is 5.42. The molecule has 5 heteroatoms. The van der Waals surface area contributed by atoms with Crippen molar-refractivity contribution in [2.75, 3.05) is 0 Å². The summed E-state index contributed by atoms with van der Waals surface area (Å²) in [5.41, 5.74) is 0.444. The van der Waals surface area contributed by atoms with Crippen LogP contribution in [0.4, 0.5) is 8.78 Å². The maximum Gasteiger partial charge on any atom is 0.387 e. The minimum Gasteiger partial charge on any atom is -0.434 e. The number of alkyl halides is 2. The molecule has 19 heavy (non-hydrogen) atoms. The predicted octanol–water partition coefficient (Wildman–Crippen LogP) is 4.17. The smallest absolute Gasteiger partial charge is 0.387 e. The van der Waals surface area contributed by atoms with Gasteiger partial charge in [-0.3, -0.25) is 4.79 Å². The van der Waals surface area contributed by atoms with Crippen LogP contribution in [-0.2, 0) is 0 Å². The molecular weight excluding hydrogens is 274 g/mol. The molecule has 0 saturated carbocycles. The molecule has 0 fully saturated rings. The van der Waals surface area contributed by atoms with Crippen molar-refractivity contribution in [1.82, 2.24) is 0 Å². The summed E-state index contributed by atoms with van der Waals surface area (Å²) in [4.78, 5) is 12.2. The van der Waals surface area contributed by atoms with E-state index in [1.807, 2.05) is 0 Å². The summed E-state index contributed by atoms with van der Waals surface area (Å²) in [6.45, 7) is -2.97. The molecule has 0 spiro atoms. The zero-order valence-corrected chi connectivity index (χ0v) is 10.4. The Morgan fingerprint density at radius 2 is 1.68 bits per heavy atom. The second-order valence-electron chi connectivity index (χ2n) is 3.71. The number of carbonyl (C=O) groups is 1. The second-order valence-corrected chi connectivity index (χ2v) is 4.15. The van der Waals surface area contributed by atoms with Crippen molar-refractivity contribution in [2.24, 2.45) is 0 Å². The number of hydrogen-bond donors (Lipinski definition) is 0. The minimum atomic E-state index is -2.97. The van der Waals surface area contributed by atoms with Crippen molar-refractivity contribution < 1.29 is 18.3 Å². The van der Waals surface area contributed by atoms with Gasteiger partial charge in [-0.05, 0) is 36.4 Å². The molecule has 0 N–H and O–H groups in total. The topological polar surface area (TPSA) is 26.3 Å². The van der Waals surface area contributed by atoms with E-state index in [0.29, 0.717) is 10.6 Å². The largest absolute Gasteiger partial charge is 0.434 e. The fourth-order valence-electron chi connectivity index (χ4n) is 1.61. The van der Waals surface area contributed by atoms with Crippen molar-refractivity contribution in [3.63, 3.8) is 0 Å². The van der Waals surface area contributed by atoms with Gasteiger partial charge in [-0.2, -0.15) is 8.78 Å². The van der Waals surface area contributed by atoms with Gasteiger partial charge in [0.2, 0.25) is 0 Å². The Morgan fingerprint density at radius 1 is 1.05 bits per heavy atom. The zero-order chi connectivity index (χ0) is 13.8. The quantitative estimate of drug-likeness (QED) is 0.787. The van der Waals surface area contributed by atoms with Crippen LogP contribution in [0.1, 0.15) is 15.9 Å². The molecule has 2 nitrogen and oxygen atoms in total. The zero-order valence-electron chi connectivity index (χ0n) is 9.65. The molecule has 0 radical (unpaired) electrons. The normalized spacial score (nSPS) is 10.5. The summed E-state index contributed by atoms with van der Waals surface area (Å²) in [6, 6.07) is 12.1. The molecule has 0 bridgehead atoms. The third-order valence-corrected chi connectivity index (χ3v) is 2.71. The molecular formula is C14H9ClF2O2. The highest BCUT2D eigenvalue weighted by molar-refractivity contribution is 6.30. The number of rotatable bonds is 4. The Kier molecular flexibility index (Phi) is 4.12. The van der Waals surface area contributed by atoms with Crippen LogP contribution in [0.15, 0.2) is 48.5 Å². The number of ketones is 1. The lowest BCUT2D eigenvalue weighted by Gasteiger charge is -2.09. The third kappa shape index (κ3) is 3.29. The van der Waals surface area contributed by atoms with Crippen molar-refractivity contribution in [2.45, 2.75) is 6.61 Å². The molecule has 0 heterocycles. The Bertz CT molecular complexity index is 582. The summed E-state index contributed by atoms with van der Waals surface area (Å²) >= 11 is 5.73. The van der Waals surface area contributed by atoms with E-state index in [-0.39, 0.29) is 11.3 Å². The molecule has 2 aromatic rings. The Morgan fingerprint density at radius 3 is 2.32 bits per heavy atom. The van der Waals surface area contributed by atoms with Crippen molar-refractivity contribution in [3.05, 3.63) is 64.7 Å². The van der Waals surface area contributed by atoms with Crippen molar-refractivity contribution >= 4 is 17.4 Å². The van der Waals surface area contributed by atoms with Gasteiger partial charge >= 0.3 is 6.61 Å². The Balaban J connectivity index is 2.35. The maximum atomic E-state index is 12.3. The van der Waals surface area contributed by atoms with Gasteiger partial charge in [0.05, 0.1) is 5.56 Å². The number of ether oxygens (including phenoxy) is 1. The molecule has 0 aliphatic carbocycles. The molecule has 0 aromatic heterocycles. The summed E-state index contributed by atoms with van der Waals surface area (Å²) in [5.74, 6) is -0.537. The van der Waals surface area contributed by atoms with E-state index >= 15 is 0 Å². The number of hydrogen-bond acceptors (Lipinski definition) is 2. The summed E-state index contributed by atoms with van der Waals surface area (Å²) in [6.07, 6.45) is 0. The van der Waals surface area contributed by atoms with Crippen LogP contribution in [0.25, 0.3) is 0 Å². The molecule has 0 unspecified atom stereocenters. The van der Waals surface area contributed by atoms with Gasteiger partial charge in [-0.15, -0.1) is 0 Å². The van der Waals surface area contributed by atoms with Crippen LogP contribution in [0, 0.1) is 0 Å². The molecule has 0 aliphatic heterocycles. The van der Waals surface area contributed by atoms with Crippen molar-refractivity contribution in [3.8, 4) is 5.75 Å². The minimum absolute atomic E-state index is 0.0881. The van der Waals surface area contributed by atoms with E-state index in [2.05, 4.69) is 4.74 Å². The first kappa shape index (κ1) is 13.5. The van der Waals surface area contributed by atoms with E-state index in [1.54, 1.807) is 18.2 Å². The summed E-state index contributed by atoms with van der Waals surface area (Å²) < 4.78 is 28.9. The first-order valence-corrected chi connectivity index (χ1v) is 5.80. The predicted molar refractivity (Wildman–Crippen MR) is 68.0 cm³/mol. The molecule has 0 amide bonds. The monoisotopic (exact) mass is 282 g/mol. The molecule has 2 aromatic carbocycles. The van der Waals surface area contributed by atoms with Crippen molar-refractivity contribution in [1.29, 1.82) is 0 Å². The highest BCUT2D eigenvalue weighted by Gasteiger charge is 2.16. The molecule has 2 rings (SSSR count). The van der Waals surface area contributed by atoms with Crippen LogP contribution in [0.3, 0.4) is 0 Å². The van der Waals surface area contributed by atoms with Gasteiger partial charge in [0.1, 0.15) is 5.75 Å². The van der Waals surface area contributed by atoms with Gasteiger partial charge in [0.15, 0.2) is 5.78 Å². The first-order chi connectivity index (χ1) is 9.08. The molecule has 0 aliphatic rings. The van der Waals surface area contributed by atoms with Gasteiger partial charge in [-0.25, -0.2) is 0 Å². The van der Waals surface area contributed by atoms with E-state index in [9.17, 15) is 13.6 Å². The van der Waals surface area contributed by atoms with Gasteiger partial charge in [0, 0.05) is 10.6 Å². The maximum absolute atomic E-state index is 12.3. The lowest BCUT2D eigenvalue weighted by molar-refractivity contribution is -0.0501. The average Bonchev–Trinajstić information content (AvgIpc) is 2.39. The lowest BCUT2D eigenvalue weighted by Crippen LogP contribution is -2.08. The summed E-state index contributed by atoms with van der Waals surface area (Å²) in [7, 11) is 0. The fourth-order valence-corrected chi connectivity index (χ4v) is 1.74. The number of para-hydroxylation sites is 1. The SMILES string of the molecule is O=C(c1ccc(Cl)cc1)c1ccccc1OC(F)F. The van der Waals surface area contributed by atoms with E-state index in [0.717, 1.165) is 0 Å². The standard InChI is InChI=1S/C14H9ClF2O2/c15-10-7-5-9(6-8-10)13(18)11-3-1-2-4-12(11)19-14(16)17/h1-8,14H. The average molecular weight is 283 g/mol. The second kappa shape index (κ2) is 5.80. The molecule has 0 saturated heterocycles. The Hall–Kier alpha value is -1.94. The number of carbonyl (C=O) groups excluding carboxylic acids is 1. The van der Waals surface area contributed by atoms with Gasteiger partial charge in [0.25, 0.3) is 0 Å². The van der Waals surface area contributed by atoms with E-state index < -0.39 is 12.4 Å². The lowest BCUT2D eigenvalue weighted by atomic mass is 10.0. The van der Waals surface area contributed by atoms with Crippen LogP contribution in [-0.4, -0.2) is 12.4 Å². The highest BCUT2D eigenvalue weighted by atomic mass is 35.5. The van der Waals surface area contributed by atoms with Crippen LogP contribution >= 0.6 is 11.6 Å². The number of halogens is 3. The molecule has 0 atom stereocenters. The van der Waals surface area contributed by atoms with E-state index in [1.165, 1.54) is 30.3 Å². The van der Waals surface area contributed by atoms with Gasteiger partial charge in [-0.1, -0.05) is 23.7 Å².